The molecule has 0 radical (unpaired) electrons. The summed E-state index contributed by atoms with van der Waals surface area (Å²) in [6.45, 7) is 5.92. The number of carbonyl (C=O) groups is 3. The molecule has 0 unspecified atom stereocenters. The molecule has 0 spiro atoms. The van der Waals surface area contributed by atoms with Crippen LogP contribution in [0.2, 0.25) is 0 Å². The number of carboxylic acid groups (broad SMARTS) is 1. The molecule has 1 aliphatic rings. The molecule has 6 nitrogen and oxygen atoms in total. The predicted octanol–water partition coefficient (Wildman–Crippen LogP) is 3.19. The van der Waals surface area contributed by atoms with Crippen LogP contribution in [0.3, 0.4) is 0 Å². The maximum absolute atomic E-state index is 12.2. The fraction of sp³-hybridized carbons (Fsp3) is 0.526. The third kappa shape index (κ3) is 4.59. The van der Waals surface area contributed by atoms with Crippen LogP contribution in [0.15, 0.2) is 24.3 Å². The first-order valence-electron chi connectivity index (χ1n) is 8.63. The van der Waals surface area contributed by atoms with E-state index in [-0.39, 0.29) is 23.8 Å². The van der Waals surface area contributed by atoms with Crippen molar-refractivity contribution in [3.8, 4) is 0 Å². The number of nitrogens with one attached hydrogen (secondary N) is 2. The zero-order valence-electron chi connectivity index (χ0n) is 15.0. The van der Waals surface area contributed by atoms with E-state index >= 15 is 0 Å². The Hall–Kier alpha value is -2.37. The lowest BCUT2D eigenvalue weighted by Gasteiger charge is -2.36. The van der Waals surface area contributed by atoms with Crippen LogP contribution in [0, 0.1) is 5.41 Å². The molecular weight excluding hydrogens is 320 g/mol. The summed E-state index contributed by atoms with van der Waals surface area (Å²) < 4.78 is 0. The number of carboxylic acids is 1. The van der Waals surface area contributed by atoms with E-state index in [2.05, 4.69) is 10.6 Å². The Labute approximate surface area is 148 Å². The van der Waals surface area contributed by atoms with Gasteiger partial charge in [-0.2, -0.15) is 0 Å². The number of hydrogen-bond acceptors (Lipinski definition) is 3. The average molecular weight is 346 g/mol. The second-order valence-corrected chi connectivity index (χ2v) is 7.43. The Balaban J connectivity index is 1.95. The van der Waals surface area contributed by atoms with Crippen molar-refractivity contribution < 1.29 is 19.5 Å². The highest BCUT2D eigenvalue weighted by molar-refractivity contribution is 5.97. The van der Waals surface area contributed by atoms with Crippen molar-refractivity contribution in [1.29, 1.82) is 0 Å². The van der Waals surface area contributed by atoms with Gasteiger partial charge in [-0.3, -0.25) is 14.4 Å². The van der Waals surface area contributed by atoms with Gasteiger partial charge in [0.1, 0.15) is 0 Å². The Kier molecular flexibility index (Phi) is 5.50. The molecule has 0 saturated heterocycles. The van der Waals surface area contributed by atoms with Gasteiger partial charge in [0.2, 0.25) is 5.91 Å². The van der Waals surface area contributed by atoms with E-state index in [9.17, 15) is 19.5 Å². The van der Waals surface area contributed by atoms with Gasteiger partial charge in [-0.05, 0) is 57.4 Å². The molecule has 1 aromatic carbocycles. The van der Waals surface area contributed by atoms with Gasteiger partial charge in [0.25, 0.3) is 5.91 Å². The maximum atomic E-state index is 12.2. The SMILES string of the molecule is CCC(C)(C)NC(=O)c1ccc(NC(=O)CC2(C(=O)O)CCC2)cc1. The van der Waals surface area contributed by atoms with Gasteiger partial charge in [-0.25, -0.2) is 0 Å². The van der Waals surface area contributed by atoms with E-state index in [1.165, 1.54) is 0 Å². The second kappa shape index (κ2) is 7.25. The second-order valence-electron chi connectivity index (χ2n) is 7.43. The van der Waals surface area contributed by atoms with Gasteiger partial charge in [0, 0.05) is 23.2 Å². The zero-order valence-corrected chi connectivity index (χ0v) is 15.0. The van der Waals surface area contributed by atoms with E-state index in [0.29, 0.717) is 24.1 Å². The molecule has 25 heavy (non-hydrogen) atoms. The largest absolute Gasteiger partial charge is 0.481 e. The number of anilines is 1. The molecule has 136 valence electrons. The number of rotatable bonds is 7. The van der Waals surface area contributed by atoms with Gasteiger partial charge in [-0.15, -0.1) is 0 Å². The Morgan fingerprint density at radius 3 is 2.20 bits per heavy atom. The van der Waals surface area contributed by atoms with Gasteiger partial charge in [0.05, 0.1) is 5.41 Å². The smallest absolute Gasteiger partial charge is 0.310 e. The predicted molar refractivity (Wildman–Crippen MR) is 95.4 cm³/mol. The highest BCUT2D eigenvalue weighted by Crippen LogP contribution is 2.44. The lowest BCUT2D eigenvalue weighted by molar-refractivity contribution is -0.157. The summed E-state index contributed by atoms with van der Waals surface area (Å²) in [5, 5.41) is 14.9. The van der Waals surface area contributed by atoms with Crippen molar-refractivity contribution in [3.05, 3.63) is 29.8 Å². The van der Waals surface area contributed by atoms with Crippen LogP contribution in [-0.4, -0.2) is 28.4 Å². The van der Waals surface area contributed by atoms with Crippen LogP contribution >= 0.6 is 0 Å². The third-order valence-electron chi connectivity index (χ3n) is 5.03. The van der Waals surface area contributed by atoms with Crippen LogP contribution in [-0.2, 0) is 9.59 Å². The minimum absolute atomic E-state index is 0.0186. The monoisotopic (exact) mass is 346 g/mol. The van der Waals surface area contributed by atoms with E-state index < -0.39 is 11.4 Å². The standard InChI is InChI=1S/C19H26N2O4/c1-4-18(2,3)21-16(23)13-6-8-14(9-7-13)20-15(22)12-19(17(24)25)10-5-11-19/h6-9H,4-5,10-12H2,1-3H3,(H,20,22)(H,21,23)(H,24,25). The van der Waals surface area contributed by atoms with E-state index in [0.717, 1.165) is 12.8 Å². The van der Waals surface area contributed by atoms with Crippen molar-refractivity contribution in [2.24, 2.45) is 5.41 Å². The van der Waals surface area contributed by atoms with Crippen molar-refractivity contribution in [2.75, 3.05) is 5.32 Å². The average Bonchev–Trinajstić information content (AvgIpc) is 2.50. The molecule has 1 aliphatic carbocycles. The van der Waals surface area contributed by atoms with Gasteiger partial charge < -0.3 is 15.7 Å². The summed E-state index contributed by atoms with van der Waals surface area (Å²) in [6, 6.07) is 6.60. The quantitative estimate of drug-likeness (QED) is 0.706. The summed E-state index contributed by atoms with van der Waals surface area (Å²) in [4.78, 5) is 35.6. The summed E-state index contributed by atoms with van der Waals surface area (Å²) in [7, 11) is 0. The number of carbonyl (C=O) groups excluding carboxylic acids is 2. The Bertz CT molecular complexity index is 661. The fourth-order valence-electron chi connectivity index (χ4n) is 2.76. The first-order valence-corrected chi connectivity index (χ1v) is 8.63. The van der Waals surface area contributed by atoms with Crippen molar-refractivity contribution >= 4 is 23.5 Å². The number of amides is 2. The lowest BCUT2D eigenvalue weighted by atomic mass is 9.66. The van der Waals surface area contributed by atoms with Crippen molar-refractivity contribution in [2.45, 2.75) is 58.4 Å². The van der Waals surface area contributed by atoms with Crippen LogP contribution < -0.4 is 10.6 Å². The maximum Gasteiger partial charge on any atom is 0.310 e. The molecule has 2 rings (SSSR count). The summed E-state index contributed by atoms with van der Waals surface area (Å²) >= 11 is 0. The van der Waals surface area contributed by atoms with Crippen LogP contribution in [0.5, 0.6) is 0 Å². The highest BCUT2D eigenvalue weighted by Gasteiger charge is 2.45. The number of benzene rings is 1. The highest BCUT2D eigenvalue weighted by atomic mass is 16.4. The molecule has 0 aliphatic heterocycles. The van der Waals surface area contributed by atoms with Gasteiger partial charge in [-0.1, -0.05) is 13.3 Å². The van der Waals surface area contributed by atoms with E-state index in [1.807, 2.05) is 20.8 Å². The molecule has 6 heteroatoms. The first-order chi connectivity index (χ1) is 11.7. The van der Waals surface area contributed by atoms with E-state index in [4.69, 9.17) is 0 Å². The molecular formula is C19H26N2O4. The van der Waals surface area contributed by atoms with E-state index in [1.54, 1.807) is 24.3 Å². The molecule has 0 atom stereocenters. The summed E-state index contributed by atoms with van der Waals surface area (Å²) in [6.07, 6.45) is 2.73. The van der Waals surface area contributed by atoms with Gasteiger partial charge in [0.15, 0.2) is 0 Å². The van der Waals surface area contributed by atoms with Crippen molar-refractivity contribution in [3.63, 3.8) is 0 Å². The fourth-order valence-corrected chi connectivity index (χ4v) is 2.76. The minimum Gasteiger partial charge on any atom is -0.481 e. The normalized spacial score (nSPS) is 15.8. The molecule has 1 saturated carbocycles. The Morgan fingerprint density at radius 1 is 1.16 bits per heavy atom. The molecule has 0 aromatic heterocycles. The number of aliphatic carboxylic acids is 1. The summed E-state index contributed by atoms with van der Waals surface area (Å²) in [5.41, 5.74) is -0.121. The number of hydrogen-bond donors (Lipinski definition) is 3. The first kappa shape index (κ1) is 19.0. The molecule has 0 bridgehead atoms. The minimum atomic E-state index is -0.907. The molecule has 3 N–H and O–H groups in total. The topological polar surface area (TPSA) is 95.5 Å². The molecule has 1 aromatic rings. The van der Waals surface area contributed by atoms with Gasteiger partial charge >= 0.3 is 5.97 Å². The lowest BCUT2D eigenvalue weighted by Crippen LogP contribution is -2.42. The van der Waals surface area contributed by atoms with Crippen LogP contribution in [0.25, 0.3) is 0 Å². The van der Waals surface area contributed by atoms with Crippen molar-refractivity contribution in [1.82, 2.24) is 5.32 Å². The Morgan fingerprint density at radius 2 is 1.76 bits per heavy atom. The zero-order chi connectivity index (χ0) is 18.7. The molecule has 1 fully saturated rings. The van der Waals surface area contributed by atoms with Crippen LogP contribution in [0.4, 0.5) is 5.69 Å². The third-order valence-corrected chi connectivity index (χ3v) is 5.03. The summed E-state index contributed by atoms with van der Waals surface area (Å²) in [5.74, 6) is -1.38. The molecule has 0 heterocycles. The van der Waals surface area contributed by atoms with Crippen LogP contribution in [0.1, 0.15) is 63.2 Å². The molecule has 2 amide bonds.